The van der Waals surface area contributed by atoms with E-state index in [2.05, 4.69) is 4.98 Å². The van der Waals surface area contributed by atoms with Crippen molar-refractivity contribution in [2.75, 3.05) is 7.05 Å². The molecule has 1 heterocycles. The molecular formula is C19H18F3N3OS. The normalized spacial score (nSPS) is 12.5. The highest BCUT2D eigenvalue weighted by atomic mass is 32.2. The van der Waals surface area contributed by atoms with Gasteiger partial charge in [0.15, 0.2) is 5.16 Å². The van der Waals surface area contributed by atoms with Crippen molar-refractivity contribution in [1.29, 1.82) is 0 Å². The highest BCUT2D eigenvalue weighted by Gasteiger charge is 2.22. The van der Waals surface area contributed by atoms with Crippen molar-refractivity contribution in [1.82, 2.24) is 14.5 Å². The number of hydrogen-bond donors (Lipinski definition) is 0. The maximum Gasteiger partial charge on any atom is 0.291 e. The van der Waals surface area contributed by atoms with Gasteiger partial charge in [-0.15, -0.1) is 0 Å². The third kappa shape index (κ3) is 4.27. The second-order valence-corrected chi connectivity index (χ2v) is 7.04. The van der Waals surface area contributed by atoms with Gasteiger partial charge in [0.05, 0.1) is 17.1 Å². The minimum absolute atomic E-state index is 0.0994. The molecule has 0 N–H and O–H groups in total. The number of para-hydroxylation sites is 2. The number of carbonyl (C=O) groups is 1. The van der Waals surface area contributed by atoms with Crippen molar-refractivity contribution in [3.63, 3.8) is 0 Å². The molecule has 1 unspecified atom stereocenters. The van der Waals surface area contributed by atoms with E-state index in [0.29, 0.717) is 22.8 Å². The van der Waals surface area contributed by atoms with E-state index in [-0.39, 0.29) is 29.5 Å². The number of fused-ring (bicyclic) bond motifs is 1. The Labute approximate surface area is 159 Å². The molecule has 0 saturated heterocycles. The topological polar surface area (TPSA) is 38.1 Å². The van der Waals surface area contributed by atoms with Gasteiger partial charge in [-0.3, -0.25) is 4.79 Å². The fraction of sp³-hybridized carbons (Fsp3) is 0.263. The molecule has 0 aliphatic rings. The highest BCUT2D eigenvalue weighted by molar-refractivity contribution is 7.99. The van der Waals surface area contributed by atoms with Crippen LogP contribution in [0.2, 0.25) is 0 Å². The molecule has 3 aromatic rings. The lowest BCUT2D eigenvalue weighted by Crippen LogP contribution is -2.32. The van der Waals surface area contributed by atoms with E-state index in [4.69, 9.17) is 0 Å². The average Bonchev–Trinajstić information content (AvgIpc) is 2.97. The van der Waals surface area contributed by atoms with Crippen molar-refractivity contribution in [3.8, 4) is 0 Å². The first-order chi connectivity index (χ1) is 12.9. The fourth-order valence-corrected chi connectivity index (χ4v) is 3.40. The molecule has 0 aliphatic heterocycles. The largest absolute Gasteiger partial charge is 0.337 e. The van der Waals surface area contributed by atoms with Crippen LogP contribution in [0.5, 0.6) is 0 Å². The summed E-state index contributed by atoms with van der Waals surface area (Å²) in [4.78, 5) is 18.5. The number of carbonyl (C=O) groups excluding carboxylic acids is 1. The maximum atomic E-state index is 13.1. The quantitative estimate of drug-likeness (QED) is 0.570. The zero-order valence-corrected chi connectivity index (χ0v) is 15.6. The van der Waals surface area contributed by atoms with Gasteiger partial charge in [-0.25, -0.2) is 9.37 Å². The van der Waals surface area contributed by atoms with E-state index in [1.54, 1.807) is 43.4 Å². The van der Waals surface area contributed by atoms with Crippen LogP contribution in [0, 0.1) is 5.82 Å². The Kier molecular flexibility index (Phi) is 5.74. The van der Waals surface area contributed by atoms with E-state index in [1.165, 1.54) is 21.6 Å². The Morgan fingerprint density at radius 3 is 2.52 bits per heavy atom. The minimum atomic E-state index is -2.63. The van der Waals surface area contributed by atoms with E-state index >= 15 is 0 Å². The van der Waals surface area contributed by atoms with Crippen LogP contribution < -0.4 is 0 Å². The SMILES string of the molecule is CC(c1ccc(F)cc1)N(C)C(=O)Cn1c(SC(F)F)nc2ccccc21. The first kappa shape index (κ1) is 19.3. The van der Waals surface area contributed by atoms with Crippen LogP contribution in [0.3, 0.4) is 0 Å². The molecule has 1 aromatic heterocycles. The molecule has 0 spiro atoms. The second-order valence-electron chi connectivity index (χ2n) is 6.08. The third-order valence-corrected chi connectivity index (χ3v) is 5.13. The lowest BCUT2D eigenvalue weighted by Gasteiger charge is -2.26. The highest BCUT2D eigenvalue weighted by Crippen LogP contribution is 2.29. The van der Waals surface area contributed by atoms with Crippen LogP contribution in [0.4, 0.5) is 13.2 Å². The van der Waals surface area contributed by atoms with Gasteiger partial charge in [-0.05, 0) is 48.5 Å². The van der Waals surface area contributed by atoms with Gasteiger partial charge in [0.25, 0.3) is 5.76 Å². The number of halogens is 3. The molecule has 4 nitrogen and oxygen atoms in total. The van der Waals surface area contributed by atoms with Gasteiger partial charge in [-0.1, -0.05) is 24.3 Å². The summed E-state index contributed by atoms with van der Waals surface area (Å²) < 4.78 is 40.4. The molecule has 27 heavy (non-hydrogen) atoms. The summed E-state index contributed by atoms with van der Waals surface area (Å²) in [6.07, 6.45) is 0. The average molecular weight is 393 g/mol. The molecule has 1 atom stereocenters. The molecule has 0 saturated carbocycles. The minimum Gasteiger partial charge on any atom is -0.337 e. The van der Waals surface area contributed by atoms with Gasteiger partial charge in [0.1, 0.15) is 12.4 Å². The number of alkyl halides is 2. The fourth-order valence-electron chi connectivity index (χ4n) is 2.80. The monoisotopic (exact) mass is 393 g/mol. The maximum absolute atomic E-state index is 13.1. The standard InChI is InChI=1S/C19H18F3N3OS/c1-12(13-7-9-14(20)10-8-13)24(2)17(26)11-25-16-6-4-3-5-15(16)23-19(25)27-18(21)22/h3-10,12,18H,11H2,1-2H3. The smallest absolute Gasteiger partial charge is 0.291 e. The Bertz CT molecular complexity index is 943. The Hall–Kier alpha value is -2.48. The zero-order chi connectivity index (χ0) is 19.6. The molecule has 0 aliphatic carbocycles. The van der Waals surface area contributed by atoms with Crippen LogP contribution in [-0.4, -0.2) is 33.2 Å². The van der Waals surface area contributed by atoms with Crippen LogP contribution >= 0.6 is 11.8 Å². The number of rotatable bonds is 6. The summed E-state index contributed by atoms with van der Waals surface area (Å²) in [5.41, 5.74) is 1.96. The van der Waals surface area contributed by atoms with Gasteiger partial charge in [0.2, 0.25) is 5.91 Å². The Morgan fingerprint density at radius 2 is 1.85 bits per heavy atom. The van der Waals surface area contributed by atoms with E-state index in [9.17, 15) is 18.0 Å². The summed E-state index contributed by atoms with van der Waals surface area (Å²) in [6.45, 7) is 1.71. The summed E-state index contributed by atoms with van der Waals surface area (Å²) in [5.74, 6) is -3.24. The molecule has 0 radical (unpaired) electrons. The Morgan fingerprint density at radius 1 is 1.19 bits per heavy atom. The molecule has 1 amide bonds. The molecule has 2 aromatic carbocycles. The van der Waals surface area contributed by atoms with Crippen molar-refractivity contribution < 1.29 is 18.0 Å². The van der Waals surface area contributed by atoms with Crippen LogP contribution in [0.25, 0.3) is 11.0 Å². The van der Waals surface area contributed by atoms with E-state index in [0.717, 1.165) is 5.56 Å². The lowest BCUT2D eigenvalue weighted by molar-refractivity contribution is -0.132. The number of imidazole rings is 1. The summed E-state index contributed by atoms with van der Waals surface area (Å²) in [5, 5.41) is 0.0994. The third-order valence-electron chi connectivity index (χ3n) is 4.43. The predicted molar refractivity (Wildman–Crippen MR) is 99.2 cm³/mol. The van der Waals surface area contributed by atoms with Crippen molar-refractivity contribution in [2.45, 2.75) is 30.4 Å². The molecule has 8 heteroatoms. The second kappa shape index (κ2) is 8.04. The summed E-state index contributed by atoms with van der Waals surface area (Å²) in [6, 6.07) is 12.6. The zero-order valence-electron chi connectivity index (χ0n) is 14.8. The number of likely N-dealkylation sites (N-methyl/N-ethyl adjacent to an activating group) is 1. The van der Waals surface area contributed by atoms with E-state index in [1.807, 2.05) is 6.92 Å². The van der Waals surface area contributed by atoms with E-state index < -0.39 is 5.76 Å². The Balaban J connectivity index is 1.85. The summed E-state index contributed by atoms with van der Waals surface area (Å²) in [7, 11) is 1.63. The predicted octanol–water partition coefficient (Wildman–Crippen LogP) is 4.71. The molecule has 3 rings (SSSR count). The van der Waals surface area contributed by atoms with Crippen molar-refractivity contribution in [2.24, 2.45) is 0 Å². The van der Waals surface area contributed by atoms with Crippen molar-refractivity contribution >= 4 is 28.7 Å². The summed E-state index contributed by atoms with van der Waals surface area (Å²) >= 11 is 0.317. The first-order valence-electron chi connectivity index (χ1n) is 8.28. The first-order valence-corrected chi connectivity index (χ1v) is 9.16. The molecule has 0 bridgehead atoms. The number of benzene rings is 2. The molecular weight excluding hydrogens is 375 g/mol. The number of hydrogen-bond acceptors (Lipinski definition) is 3. The van der Waals surface area contributed by atoms with Gasteiger partial charge >= 0.3 is 0 Å². The molecule has 142 valence electrons. The molecule has 0 fully saturated rings. The van der Waals surface area contributed by atoms with Gasteiger partial charge < -0.3 is 9.47 Å². The lowest BCUT2D eigenvalue weighted by atomic mass is 10.1. The van der Waals surface area contributed by atoms with Crippen LogP contribution in [0.1, 0.15) is 18.5 Å². The number of amides is 1. The van der Waals surface area contributed by atoms with Gasteiger partial charge in [-0.2, -0.15) is 8.78 Å². The number of nitrogens with zero attached hydrogens (tertiary/aromatic N) is 3. The van der Waals surface area contributed by atoms with Crippen LogP contribution in [-0.2, 0) is 11.3 Å². The van der Waals surface area contributed by atoms with Crippen LogP contribution in [0.15, 0.2) is 53.7 Å². The van der Waals surface area contributed by atoms with Gasteiger partial charge in [0, 0.05) is 7.05 Å². The number of aromatic nitrogens is 2. The number of thioether (sulfide) groups is 1. The van der Waals surface area contributed by atoms with Crippen molar-refractivity contribution in [3.05, 3.63) is 59.9 Å².